The summed E-state index contributed by atoms with van der Waals surface area (Å²) in [6.07, 6.45) is 0. The van der Waals surface area contributed by atoms with Crippen molar-refractivity contribution in [2.45, 2.75) is 33.7 Å². The molecule has 1 aromatic carbocycles. The van der Waals surface area contributed by atoms with Crippen molar-refractivity contribution in [2.24, 2.45) is 5.41 Å². The number of nitro groups is 1. The molecule has 1 amide bonds. The van der Waals surface area contributed by atoms with Crippen LogP contribution in [0.3, 0.4) is 0 Å². The highest BCUT2D eigenvalue weighted by atomic mass is 16.6. The van der Waals surface area contributed by atoms with E-state index in [9.17, 15) is 14.9 Å². The van der Waals surface area contributed by atoms with Gasteiger partial charge >= 0.3 is 0 Å². The average molecular weight is 387 g/mol. The summed E-state index contributed by atoms with van der Waals surface area (Å²) < 4.78 is 5.80. The Labute approximate surface area is 163 Å². The fourth-order valence-electron chi connectivity index (χ4n) is 3.19. The van der Waals surface area contributed by atoms with Crippen molar-refractivity contribution in [3.05, 3.63) is 40.3 Å². The monoisotopic (exact) mass is 387 g/mol. The molecule has 28 heavy (non-hydrogen) atoms. The third-order valence-electron chi connectivity index (χ3n) is 4.91. The highest BCUT2D eigenvalue weighted by Gasteiger charge is 2.32. The van der Waals surface area contributed by atoms with E-state index in [1.165, 1.54) is 12.1 Å². The van der Waals surface area contributed by atoms with E-state index in [1.54, 1.807) is 12.1 Å². The second-order valence-electron chi connectivity index (χ2n) is 8.00. The summed E-state index contributed by atoms with van der Waals surface area (Å²) in [4.78, 5) is 26.8. The minimum atomic E-state index is -0.449. The number of hydrogen-bond donors (Lipinski definition) is 0. The van der Waals surface area contributed by atoms with Crippen LogP contribution in [0.15, 0.2) is 28.7 Å². The maximum atomic E-state index is 12.4. The standard InChI is InChI=1S/C19H25N5O4/c1-13(22-9-11-23(12-10-22)18(25)19(2,3)4)16-20-21-17(28-16)14-5-7-15(8-6-14)24(26)27/h5-8,13H,9-12H2,1-4H3. The molecule has 150 valence electrons. The van der Waals surface area contributed by atoms with Gasteiger partial charge in [0.1, 0.15) is 0 Å². The Hall–Kier alpha value is -2.81. The molecule has 2 heterocycles. The van der Waals surface area contributed by atoms with Crippen LogP contribution in [0, 0.1) is 15.5 Å². The Kier molecular flexibility index (Phi) is 5.46. The number of piperazine rings is 1. The fourth-order valence-corrected chi connectivity index (χ4v) is 3.19. The molecule has 2 aromatic rings. The summed E-state index contributed by atoms with van der Waals surface area (Å²) >= 11 is 0. The zero-order valence-corrected chi connectivity index (χ0v) is 16.6. The molecule has 3 rings (SSSR count). The van der Waals surface area contributed by atoms with Gasteiger partial charge in [-0.15, -0.1) is 10.2 Å². The van der Waals surface area contributed by atoms with Crippen molar-refractivity contribution in [1.82, 2.24) is 20.0 Å². The van der Waals surface area contributed by atoms with Crippen LogP contribution in [0.25, 0.3) is 11.5 Å². The van der Waals surface area contributed by atoms with Crippen LogP contribution < -0.4 is 0 Å². The lowest BCUT2D eigenvalue weighted by atomic mass is 9.94. The van der Waals surface area contributed by atoms with Gasteiger partial charge in [0.25, 0.3) is 5.69 Å². The van der Waals surface area contributed by atoms with Crippen LogP contribution in [-0.4, -0.2) is 57.0 Å². The Balaban J connectivity index is 1.64. The first kappa shape index (κ1) is 19.9. The van der Waals surface area contributed by atoms with E-state index in [0.29, 0.717) is 30.4 Å². The number of nitrogens with zero attached hydrogens (tertiary/aromatic N) is 5. The first-order chi connectivity index (χ1) is 13.2. The molecule has 1 unspecified atom stereocenters. The van der Waals surface area contributed by atoms with Crippen molar-refractivity contribution in [1.29, 1.82) is 0 Å². The zero-order chi connectivity index (χ0) is 20.5. The van der Waals surface area contributed by atoms with Crippen molar-refractivity contribution < 1.29 is 14.1 Å². The molecule has 1 fully saturated rings. The second-order valence-corrected chi connectivity index (χ2v) is 8.00. The lowest BCUT2D eigenvalue weighted by Gasteiger charge is -2.39. The van der Waals surface area contributed by atoms with Crippen molar-refractivity contribution in [3.8, 4) is 11.5 Å². The molecule has 0 saturated carbocycles. The summed E-state index contributed by atoms with van der Waals surface area (Å²) in [5.74, 6) is 0.986. The van der Waals surface area contributed by atoms with E-state index < -0.39 is 4.92 Å². The Bertz CT molecular complexity index is 848. The van der Waals surface area contributed by atoms with Crippen molar-refractivity contribution in [2.75, 3.05) is 26.2 Å². The van der Waals surface area contributed by atoms with Gasteiger partial charge in [0, 0.05) is 49.3 Å². The summed E-state index contributed by atoms with van der Waals surface area (Å²) in [5, 5.41) is 19.0. The maximum Gasteiger partial charge on any atom is 0.269 e. The molecular formula is C19H25N5O4. The van der Waals surface area contributed by atoms with Crippen LogP contribution in [0.2, 0.25) is 0 Å². The molecule has 1 atom stereocenters. The topological polar surface area (TPSA) is 106 Å². The third-order valence-corrected chi connectivity index (χ3v) is 4.91. The third kappa shape index (κ3) is 4.19. The van der Waals surface area contributed by atoms with E-state index in [-0.39, 0.29) is 23.1 Å². The summed E-state index contributed by atoms with van der Waals surface area (Å²) in [6, 6.07) is 5.93. The molecule has 0 radical (unpaired) electrons. The lowest BCUT2D eigenvalue weighted by Crippen LogP contribution is -2.52. The minimum Gasteiger partial charge on any atom is -0.419 e. The van der Waals surface area contributed by atoms with Gasteiger partial charge in [0.2, 0.25) is 17.7 Å². The number of non-ortho nitro benzene ring substituents is 1. The molecule has 0 aliphatic carbocycles. The van der Waals surface area contributed by atoms with Gasteiger partial charge in [-0.2, -0.15) is 0 Å². The van der Waals surface area contributed by atoms with Crippen LogP contribution in [-0.2, 0) is 4.79 Å². The van der Waals surface area contributed by atoms with E-state index in [1.807, 2.05) is 32.6 Å². The van der Waals surface area contributed by atoms with E-state index in [0.717, 1.165) is 13.1 Å². The molecule has 9 heteroatoms. The van der Waals surface area contributed by atoms with Crippen LogP contribution in [0.5, 0.6) is 0 Å². The SMILES string of the molecule is CC(c1nnc(-c2ccc([N+](=O)[O-])cc2)o1)N1CCN(C(=O)C(C)(C)C)CC1. The maximum absolute atomic E-state index is 12.4. The molecule has 1 aromatic heterocycles. The van der Waals surface area contributed by atoms with Gasteiger partial charge in [-0.25, -0.2) is 0 Å². The molecule has 0 N–H and O–H groups in total. The van der Waals surface area contributed by atoms with Crippen LogP contribution in [0.1, 0.15) is 39.6 Å². The summed E-state index contributed by atoms with van der Waals surface area (Å²) in [5.41, 5.74) is 0.275. The van der Waals surface area contributed by atoms with Crippen molar-refractivity contribution in [3.63, 3.8) is 0 Å². The fraction of sp³-hybridized carbons (Fsp3) is 0.526. The number of benzene rings is 1. The van der Waals surface area contributed by atoms with Gasteiger partial charge < -0.3 is 9.32 Å². The quantitative estimate of drug-likeness (QED) is 0.586. The highest BCUT2D eigenvalue weighted by molar-refractivity contribution is 5.81. The number of amides is 1. The molecule has 1 saturated heterocycles. The first-order valence-electron chi connectivity index (χ1n) is 9.28. The minimum absolute atomic E-state index is 0.0135. The van der Waals surface area contributed by atoms with E-state index in [2.05, 4.69) is 15.1 Å². The highest BCUT2D eigenvalue weighted by Crippen LogP contribution is 2.27. The van der Waals surface area contributed by atoms with Gasteiger partial charge in [-0.05, 0) is 19.1 Å². The van der Waals surface area contributed by atoms with Gasteiger partial charge in [-0.3, -0.25) is 19.8 Å². The number of rotatable bonds is 4. The van der Waals surface area contributed by atoms with Gasteiger partial charge in [0.15, 0.2) is 0 Å². The average Bonchev–Trinajstić information content (AvgIpc) is 3.16. The Morgan fingerprint density at radius 2 is 1.75 bits per heavy atom. The Morgan fingerprint density at radius 1 is 1.14 bits per heavy atom. The van der Waals surface area contributed by atoms with Crippen LogP contribution in [0.4, 0.5) is 5.69 Å². The molecule has 0 spiro atoms. The molecular weight excluding hydrogens is 362 g/mol. The van der Waals surface area contributed by atoms with Crippen molar-refractivity contribution >= 4 is 11.6 Å². The van der Waals surface area contributed by atoms with Crippen LogP contribution >= 0.6 is 0 Å². The molecule has 1 aliphatic rings. The Morgan fingerprint density at radius 3 is 2.29 bits per heavy atom. The zero-order valence-electron chi connectivity index (χ0n) is 16.6. The normalized spacial score (nSPS) is 16.8. The number of carbonyl (C=O) groups excluding carboxylic acids is 1. The molecule has 0 bridgehead atoms. The second kappa shape index (κ2) is 7.67. The summed E-state index contributed by atoms with van der Waals surface area (Å²) in [6.45, 7) is 10.6. The number of hydrogen-bond acceptors (Lipinski definition) is 7. The number of nitro benzene ring substituents is 1. The number of carbonyl (C=O) groups is 1. The van der Waals surface area contributed by atoms with Gasteiger partial charge in [0.05, 0.1) is 11.0 Å². The predicted molar refractivity (Wildman–Crippen MR) is 102 cm³/mol. The lowest BCUT2D eigenvalue weighted by molar-refractivity contribution is -0.384. The van der Waals surface area contributed by atoms with E-state index in [4.69, 9.17) is 4.42 Å². The first-order valence-corrected chi connectivity index (χ1v) is 9.28. The van der Waals surface area contributed by atoms with E-state index >= 15 is 0 Å². The molecule has 9 nitrogen and oxygen atoms in total. The largest absolute Gasteiger partial charge is 0.419 e. The predicted octanol–water partition coefficient (Wildman–Crippen LogP) is 2.90. The van der Waals surface area contributed by atoms with Gasteiger partial charge in [-0.1, -0.05) is 20.8 Å². The number of aromatic nitrogens is 2. The summed E-state index contributed by atoms with van der Waals surface area (Å²) in [7, 11) is 0. The molecule has 1 aliphatic heterocycles. The smallest absolute Gasteiger partial charge is 0.269 e.